The Bertz CT molecular complexity index is 920. The Morgan fingerprint density at radius 1 is 1.11 bits per heavy atom. The minimum Gasteiger partial charge on any atom is -0.473 e. The highest BCUT2D eigenvalue weighted by molar-refractivity contribution is 6.04. The lowest BCUT2D eigenvalue weighted by molar-refractivity contribution is 0.102. The van der Waals surface area contributed by atoms with Crippen LogP contribution >= 0.6 is 0 Å². The molecule has 0 saturated carbocycles. The van der Waals surface area contributed by atoms with E-state index in [9.17, 15) is 4.79 Å². The van der Waals surface area contributed by atoms with E-state index in [0.29, 0.717) is 29.7 Å². The van der Waals surface area contributed by atoms with E-state index in [2.05, 4.69) is 16.4 Å². The van der Waals surface area contributed by atoms with Gasteiger partial charge in [0, 0.05) is 24.2 Å². The highest BCUT2D eigenvalue weighted by atomic mass is 16.5. The van der Waals surface area contributed by atoms with Crippen molar-refractivity contribution >= 4 is 11.6 Å². The van der Waals surface area contributed by atoms with Gasteiger partial charge in [-0.05, 0) is 35.7 Å². The molecular weight excluding hydrogens is 352 g/mol. The predicted octanol–water partition coefficient (Wildman–Crippen LogP) is 4.42. The molecule has 1 unspecified atom stereocenters. The van der Waals surface area contributed by atoms with E-state index in [-0.39, 0.29) is 5.91 Å². The Labute approximate surface area is 164 Å². The summed E-state index contributed by atoms with van der Waals surface area (Å²) in [6, 6.07) is 21.2. The molecule has 1 amide bonds. The minimum absolute atomic E-state index is 0.152. The lowest BCUT2D eigenvalue weighted by Crippen LogP contribution is -2.13. The summed E-state index contributed by atoms with van der Waals surface area (Å²) in [6.07, 6.45) is 2.60. The molecule has 4 rings (SSSR count). The zero-order valence-corrected chi connectivity index (χ0v) is 15.5. The molecule has 0 spiro atoms. The van der Waals surface area contributed by atoms with Gasteiger partial charge in [0.25, 0.3) is 5.91 Å². The maximum absolute atomic E-state index is 12.6. The molecule has 2 heterocycles. The second kappa shape index (κ2) is 8.67. The third-order valence-corrected chi connectivity index (χ3v) is 4.77. The molecule has 28 heavy (non-hydrogen) atoms. The Kier molecular flexibility index (Phi) is 5.64. The summed E-state index contributed by atoms with van der Waals surface area (Å²) < 4.78 is 11.1. The van der Waals surface area contributed by atoms with Gasteiger partial charge < -0.3 is 14.8 Å². The molecule has 0 aliphatic carbocycles. The van der Waals surface area contributed by atoms with Gasteiger partial charge in [0.2, 0.25) is 5.88 Å². The monoisotopic (exact) mass is 374 g/mol. The average Bonchev–Trinajstić information content (AvgIpc) is 3.29. The molecule has 1 aliphatic heterocycles. The third-order valence-electron chi connectivity index (χ3n) is 4.77. The zero-order valence-electron chi connectivity index (χ0n) is 15.5. The van der Waals surface area contributed by atoms with Crippen LogP contribution in [0, 0.1) is 0 Å². The second-order valence-corrected chi connectivity index (χ2v) is 6.80. The molecule has 0 bridgehead atoms. The van der Waals surface area contributed by atoms with Crippen molar-refractivity contribution in [3.8, 4) is 5.88 Å². The number of hydrogen-bond acceptors (Lipinski definition) is 4. The molecular formula is C23H22N2O3. The van der Waals surface area contributed by atoms with Crippen LogP contribution in [0.5, 0.6) is 5.88 Å². The molecule has 5 nitrogen and oxygen atoms in total. The number of amides is 1. The van der Waals surface area contributed by atoms with Crippen molar-refractivity contribution in [3.63, 3.8) is 0 Å². The summed E-state index contributed by atoms with van der Waals surface area (Å²) in [6.45, 7) is 1.96. The van der Waals surface area contributed by atoms with E-state index in [1.54, 1.807) is 18.3 Å². The molecule has 1 aliphatic rings. The molecule has 2 aromatic carbocycles. The number of ether oxygens (including phenoxy) is 2. The van der Waals surface area contributed by atoms with Crippen molar-refractivity contribution in [2.45, 2.75) is 18.9 Å². The van der Waals surface area contributed by atoms with Crippen molar-refractivity contribution < 1.29 is 14.3 Å². The summed E-state index contributed by atoms with van der Waals surface area (Å²) >= 11 is 0. The summed E-state index contributed by atoms with van der Waals surface area (Å²) in [4.78, 5) is 16.8. The molecule has 1 fully saturated rings. The Morgan fingerprint density at radius 2 is 2.00 bits per heavy atom. The Hall–Kier alpha value is -3.18. The molecule has 5 heteroatoms. The van der Waals surface area contributed by atoms with Crippen molar-refractivity contribution in [2.24, 2.45) is 0 Å². The topological polar surface area (TPSA) is 60.5 Å². The van der Waals surface area contributed by atoms with Gasteiger partial charge >= 0.3 is 0 Å². The molecule has 1 saturated heterocycles. The van der Waals surface area contributed by atoms with E-state index >= 15 is 0 Å². The van der Waals surface area contributed by atoms with Crippen molar-refractivity contribution in [2.75, 3.05) is 18.5 Å². The number of benzene rings is 2. The first-order valence-corrected chi connectivity index (χ1v) is 9.40. The van der Waals surface area contributed by atoms with Crippen LogP contribution in [0.3, 0.4) is 0 Å². The van der Waals surface area contributed by atoms with Crippen LogP contribution in [0.4, 0.5) is 5.69 Å². The first kappa shape index (κ1) is 18.2. The Morgan fingerprint density at radius 3 is 2.75 bits per heavy atom. The van der Waals surface area contributed by atoms with Gasteiger partial charge in [-0.2, -0.15) is 0 Å². The van der Waals surface area contributed by atoms with Crippen LogP contribution in [0.15, 0.2) is 72.9 Å². The first-order valence-electron chi connectivity index (χ1n) is 9.40. The third kappa shape index (κ3) is 4.56. The van der Waals surface area contributed by atoms with Gasteiger partial charge in [-0.1, -0.05) is 42.5 Å². The van der Waals surface area contributed by atoms with Crippen LogP contribution in [0.25, 0.3) is 0 Å². The second-order valence-electron chi connectivity index (χ2n) is 6.80. The summed E-state index contributed by atoms with van der Waals surface area (Å²) in [7, 11) is 0. The fourth-order valence-corrected chi connectivity index (χ4v) is 3.21. The molecule has 142 valence electrons. The maximum atomic E-state index is 12.6. The van der Waals surface area contributed by atoms with Crippen LogP contribution in [-0.2, 0) is 11.3 Å². The standard InChI is InChI=1S/C23H22N2O3/c26-23(19-8-4-7-18(13-19)20-11-12-27-16-20)25-21-9-10-22(24-14-21)28-15-17-5-2-1-3-6-17/h1-10,13-14,20H,11-12,15-16H2,(H,25,26). The van der Waals surface area contributed by atoms with Crippen LogP contribution in [0.2, 0.25) is 0 Å². The lowest BCUT2D eigenvalue weighted by atomic mass is 9.96. The minimum atomic E-state index is -0.152. The van der Waals surface area contributed by atoms with Gasteiger partial charge in [-0.15, -0.1) is 0 Å². The van der Waals surface area contributed by atoms with Crippen LogP contribution in [-0.4, -0.2) is 24.1 Å². The van der Waals surface area contributed by atoms with Crippen LogP contribution < -0.4 is 10.1 Å². The largest absolute Gasteiger partial charge is 0.473 e. The molecule has 1 atom stereocenters. The van der Waals surface area contributed by atoms with Crippen molar-refractivity contribution in [1.82, 2.24) is 4.98 Å². The average molecular weight is 374 g/mol. The normalized spacial score (nSPS) is 15.9. The van der Waals surface area contributed by atoms with Crippen molar-refractivity contribution in [1.29, 1.82) is 0 Å². The Balaban J connectivity index is 1.36. The molecule has 1 N–H and O–H groups in total. The smallest absolute Gasteiger partial charge is 0.255 e. The lowest BCUT2D eigenvalue weighted by Gasteiger charge is -2.11. The zero-order chi connectivity index (χ0) is 19.2. The number of hydrogen-bond donors (Lipinski definition) is 1. The van der Waals surface area contributed by atoms with E-state index in [4.69, 9.17) is 9.47 Å². The maximum Gasteiger partial charge on any atom is 0.255 e. The van der Waals surface area contributed by atoms with E-state index < -0.39 is 0 Å². The summed E-state index contributed by atoms with van der Waals surface area (Å²) in [5.41, 5.74) is 3.49. The van der Waals surface area contributed by atoms with Gasteiger partial charge in [0.05, 0.1) is 18.5 Å². The summed E-state index contributed by atoms with van der Waals surface area (Å²) in [5, 5.41) is 2.89. The number of carbonyl (C=O) groups is 1. The quantitative estimate of drug-likeness (QED) is 0.694. The van der Waals surface area contributed by atoms with Gasteiger partial charge in [-0.3, -0.25) is 4.79 Å². The number of aromatic nitrogens is 1. The highest BCUT2D eigenvalue weighted by Gasteiger charge is 2.18. The summed E-state index contributed by atoms with van der Waals surface area (Å²) in [5.74, 6) is 0.737. The van der Waals surface area contributed by atoms with Crippen LogP contribution in [0.1, 0.15) is 33.8 Å². The number of pyridine rings is 1. The number of nitrogens with zero attached hydrogens (tertiary/aromatic N) is 1. The number of rotatable bonds is 6. The van der Waals surface area contributed by atoms with Crippen molar-refractivity contribution in [3.05, 3.63) is 89.6 Å². The predicted molar refractivity (Wildman–Crippen MR) is 108 cm³/mol. The van der Waals surface area contributed by atoms with E-state index in [0.717, 1.165) is 30.8 Å². The fraction of sp³-hybridized carbons (Fsp3) is 0.217. The fourth-order valence-electron chi connectivity index (χ4n) is 3.21. The van der Waals surface area contributed by atoms with Gasteiger partial charge in [-0.25, -0.2) is 4.98 Å². The molecule has 0 radical (unpaired) electrons. The van der Waals surface area contributed by atoms with Gasteiger partial charge in [0.1, 0.15) is 6.61 Å². The molecule has 3 aromatic rings. The highest BCUT2D eigenvalue weighted by Crippen LogP contribution is 2.26. The van der Waals surface area contributed by atoms with E-state index in [1.807, 2.05) is 48.5 Å². The molecule has 1 aromatic heterocycles. The number of anilines is 1. The number of nitrogens with one attached hydrogen (secondary N) is 1. The SMILES string of the molecule is O=C(Nc1ccc(OCc2ccccc2)nc1)c1cccc(C2CCOC2)c1. The number of carbonyl (C=O) groups excluding carboxylic acids is 1. The van der Waals surface area contributed by atoms with E-state index in [1.165, 1.54) is 0 Å². The first-order chi connectivity index (χ1) is 13.8. The van der Waals surface area contributed by atoms with Gasteiger partial charge in [0.15, 0.2) is 0 Å².